The minimum absolute atomic E-state index is 0.402. The number of aromatic nitrogens is 1. The van der Waals surface area contributed by atoms with E-state index in [1.54, 1.807) is 7.11 Å². The molecule has 4 heteroatoms. The molecule has 0 radical (unpaired) electrons. The van der Waals surface area contributed by atoms with Crippen molar-refractivity contribution < 1.29 is 9.47 Å². The molecular weight excluding hydrogens is 228 g/mol. The number of hydrogen-bond acceptors (Lipinski definition) is 3. The Bertz CT molecular complexity index is 312. The lowest BCUT2D eigenvalue weighted by Crippen LogP contribution is -2.21. The van der Waals surface area contributed by atoms with Crippen LogP contribution in [-0.2, 0) is 16.0 Å². The van der Waals surface area contributed by atoms with Crippen LogP contribution in [0.5, 0.6) is 0 Å². The maximum atomic E-state index is 5.47. The summed E-state index contributed by atoms with van der Waals surface area (Å²) in [4.78, 5) is 0. The smallest absolute Gasteiger partial charge is 0.0700 e. The van der Waals surface area contributed by atoms with Crippen LogP contribution in [0, 0.1) is 0 Å². The van der Waals surface area contributed by atoms with Crippen molar-refractivity contribution in [2.24, 2.45) is 0 Å². The molecule has 1 N–H and O–H groups in total. The zero-order chi connectivity index (χ0) is 13.2. The van der Waals surface area contributed by atoms with E-state index in [0.29, 0.717) is 19.3 Å². The van der Waals surface area contributed by atoms with Crippen LogP contribution in [0.1, 0.15) is 32.0 Å². The van der Waals surface area contributed by atoms with Gasteiger partial charge in [0.15, 0.2) is 0 Å². The number of rotatable bonds is 10. The van der Waals surface area contributed by atoms with Gasteiger partial charge < -0.3 is 19.4 Å². The molecule has 18 heavy (non-hydrogen) atoms. The highest BCUT2D eigenvalue weighted by molar-refractivity contribution is 5.11. The van der Waals surface area contributed by atoms with E-state index in [1.807, 2.05) is 0 Å². The lowest BCUT2D eigenvalue weighted by atomic mass is 10.2. The van der Waals surface area contributed by atoms with Crippen molar-refractivity contribution in [1.82, 2.24) is 9.88 Å². The molecule has 0 fully saturated rings. The molecule has 0 aliphatic rings. The second-order valence-electron chi connectivity index (χ2n) is 4.36. The normalized spacial score (nSPS) is 12.8. The van der Waals surface area contributed by atoms with E-state index in [4.69, 9.17) is 9.47 Å². The summed E-state index contributed by atoms with van der Waals surface area (Å²) in [6.45, 7) is 8.47. The van der Waals surface area contributed by atoms with Crippen molar-refractivity contribution >= 4 is 0 Å². The molecule has 1 rings (SSSR count). The lowest BCUT2D eigenvalue weighted by molar-refractivity contribution is 0.0679. The predicted octanol–water partition coefficient (Wildman–Crippen LogP) is 2.21. The topological polar surface area (TPSA) is 35.4 Å². The Labute approximate surface area is 110 Å². The van der Waals surface area contributed by atoms with Gasteiger partial charge in [-0.2, -0.15) is 0 Å². The van der Waals surface area contributed by atoms with Crippen molar-refractivity contribution in [2.45, 2.75) is 32.9 Å². The molecule has 0 aliphatic carbocycles. The largest absolute Gasteiger partial charge is 0.382 e. The van der Waals surface area contributed by atoms with Crippen molar-refractivity contribution in [2.75, 3.05) is 33.5 Å². The molecule has 1 aromatic heterocycles. The third kappa shape index (κ3) is 5.21. The summed E-state index contributed by atoms with van der Waals surface area (Å²) >= 11 is 0. The predicted molar refractivity (Wildman–Crippen MR) is 73.8 cm³/mol. The molecule has 0 saturated heterocycles. The maximum Gasteiger partial charge on any atom is 0.0700 e. The number of methoxy groups -OCH3 is 1. The van der Waals surface area contributed by atoms with E-state index in [2.05, 4.69) is 42.1 Å². The SMILES string of the molecule is CCNC(C)c1cccn1CCCOCCOC. The monoisotopic (exact) mass is 254 g/mol. The summed E-state index contributed by atoms with van der Waals surface area (Å²) in [7, 11) is 1.69. The zero-order valence-electron chi connectivity index (χ0n) is 11.8. The van der Waals surface area contributed by atoms with Crippen LogP contribution in [0.15, 0.2) is 18.3 Å². The molecule has 1 unspecified atom stereocenters. The van der Waals surface area contributed by atoms with Crippen molar-refractivity contribution in [1.29, 1.82) is 0 Å². The van der Waals surface area contributed by atoms with E-state index in [0.717, 1.165) is 26.1 Å². The fourth-order valence-corrected chi connectivity index (χ4v) is 2.02. The first-order valence-corrected chi connectivity index (χ1v) is 6.74. The Morgan fingerprint density at radius 3 is 2.89 bits per heavy atom. The molecular formula is C14H26N2O2. The molecule has 0 spiro atoms. The Kier molecular flexibility index (Phi) is 7.73. The molecule has 0 aliphatic heterocycles. The number of ether oxygens (including phenoxy) is 2. The van der Waals surface area contributed by atoms with Crippen molar-refractivity contribution in [3.8, 4) is 0 Å². The van der Waals surface area contributed by atoms with Gasteiger partial charge in [-0.15, -0.1) is 0 Å². The van der Waals surface area contributed by atoms with Gasteiger partial charge in [0.25, 0.3) is 0 Å². The fraction of sp³-hybridized carbons (Fsp3) is 0.714. The van der Waals surface area contributed by atoms with Gasteiger partial charge in [-0.25, -0.2) is 0 Å². The van der Waals surface area contributed by atoms with Crippen LogP contribution in [0.4, 0.5) is 0 Å². The Hall–Kier alpha value is -0.840. The first kappa shape index (κ1) is 15.2. The van der Waals surface area contributed by atoms with Gasteiger partial charge in [-0.05, 0) is 32.0 Å². The summed E-state index contributed by atoms with van der Waals surface area (Å²) in [5.74, 6) is 0. The van der Waals surface area contributed by atoms with Gasteiger partial charge in [0.2, 0.25) is 0 Å². The lowest BCUT2D eigenvalue weighted by Gasteiger charge is -2.16. The van der Waals surface area contributed by atoms with Crippen molar-refractivity contribution in [3.63, 3.8) is 0 Å². The Morgan fingerprint density at radius 2 is 2.17 bits per heavy atom. The summed E-state index contributed by atoms with van der Waals surface area (Å²) in [5.41, 5.74) is 1.34. The molecule has 1 heterocycles. The minimum atomic E-state index is 0.402. The van der Waals surface area contributed by atoms with Crippen LogP contribution >= 0.6 is 0 Å². The molecule has 0 amide bonds. The summed E-state index contributed by atoms with van der Waals surface area (Å²) < 4.78 is 12.7. The second-order valence-corrected chi connectivity index (χ2v) is 4.36. The maximum absolute atomic E-state index is 5.47. The van der Waals surface area contributed by atoms with Gasteiger partial charge in [0.05, 0.1) is 13.2 Å². The highest BCUT2D eigenvalue weighted by atomic mass is 16.5. The summed E-state index contributed by atoms with van der Waals surface area (Å²) in [6.07, 6.45) is 3.17. The van der Waals surface area contributed by atoms with Gasteiger partial charge >= 0.3 is 0 Å². The molecule has 1 aromatic rings. The number of nitrogens with one attached hydrogen (secondary N) is 1. The number of aryl methyl sites for hydroxylation is 1. The highest BCUT2D eigenvalue weighted by Gasteiger charge is 2.07. The van der Waals surface area contributed by atoms with E-state index in [9.17, 15) is 0 Å². The molecule has 0 aromatic carbocycles. The van der Waals surface area contributed by atoms with Crippen LogP contribution in [0.25, 0.3) is 0 Å². The molecule has 1 atom stereocenters. The zero-order valence-corrected chi connectivity index (χ0v) is 11.8. The average molecular weight is 254 g/mol. The molecule has 0 saturated carbocycles. The van der Waals surface area contributed by atoms with Gasteiger partial charge in [0, 0.05) is 38.2 Å². The Morgan fingerprint density at radius 1 is 1.33 bits per heavy atom. The fourth-order valence-electron chi connectivity index (χ4n) is 2.02. The Balaban J connectivity index is 2.27. The standard InChI is InChI=1S/C14H26N2O2/c1-4-15-13(2)14-7-5-8-16(14)9-6-10-18-12-11-17-3/h5,7-8,13,15H,4,6,9-12H2,1-3H3. The molecule has 4 nitrogen and oxygen atoms in total. The van der Waals surface area contributed by atoms with Crippen molar-refractivity contribution in [3.05, 3.63) is 24.0 Å². The number of nitrogens with zero attached hydrogens (tertiary/aromatic N) is 1. The van der Waals surface area contributed by atoms with E-state index < -0.39 is 0 Å². The third-order valence-corrected chi connectivity index (χ3v) is 2.94. The first-order valence-electron chi connectivity index (χ1n) is 6.74. The molecule has 0 bridgehead atoms. The molecule has 104 valence electrons. The van der Waals surface area contributed by atoms with Gasteiger partial charge in [-0.3, -0.25) is 0 Å². The van der Waals surface area contributed by atoms with Crippen LogP contribution in [0.3, 0.4) is 0 Å². The van der Waals surface area contributed by atoms with Gasteiger partial charge in [-0.1, -0.05) is 6.92 Å². The first-order chi connectivity index (χ1) is 8.79. The second kappa shape index (κ2) is 9.14. The van der Waals surface area contributed by atoms with E-state index in [1.165, 1.54) is 5.69 Å². The average Bonchev–Trinajstić information content (AvgIpc) is 2.82. The van der Waals surface area contributed by atoms with Crippen LogP contribution in [-0.4, -0.2) is 38.0 Å². The third-order valence-electron chi connectivity index (χ3n) is 2.94. The summed E-state index contributed by atoms with van der Waals surface area (Å²) in [5, 5.41) is 3.44. The summed E-state index contributed by atoms with van der Waals surface area (Å²) in [6, 6.07) is 4.69. The van der Waals surface area contributed by atoms with Crippen LogP contribution in [0.2, 0.25) is 0 Å². The minimum Gasteiger partial charge on any atom is -0.382 e. The number of hydrogen-bond donors (Lipinski definition) is 1. The van der Waals surface area contributed by atoms with E-state index >= 15 is 0 Å². The van der Waals surface area contributed by atoms with Crippen LogP contribution < -0.4 is 5.32 Å². The van der Waals surface area contributed by atoms with Gasteiger partial charge in [0.1, 0.15) is 0 Å². The highest BCUT2D eigenvalue weighted by Crippen LogP contribution is 2.13. The quantitative estimate of drug-likeness (QED) is 0.650. The van der Waals surface area contributed by atoms with E-state index in [-0.39, 0.29) is 0 Å².